The number of hydrogen-bond donors (Lipinski definition) is 0. The van der Waals surface area contributed by atoms with Gasteiger partial charge in [0, 0.05) is 13.1 Å². The maximum absolute atomic E-state index is 12.8. The second kappa shape index (κ2) is 9.07. The van der Waals surface area contributed by atoms with Crippen LogP contribution < -0.4 is 0 Å². The Kier molecular flexibility index (Phi) is 7.04. The monoisotopic (exact) mass is 401 g/mol. The van der Waals surface area contributed by atoms with Crippen molar-refractivity contribution in [3.05, 3.63) is 35.4 Å². The van der Waals surface area contributed by atoms with Gasteiger partial charge < -0.3 is 14.4 Å². The van der Waals surface area contributed by atoms with Crippen LogP contribution in [0, 0.1) is 5.92 Å². The Morgan fingerprint density at radius 2 is 1.86 bits per heavy atom. The van der Waals surface area contributed by atoms with Crippen molar-refractivity contribution in [2.45, 2.75) is 39.0 Å². The lowest BCUT2D eigenvalue weighted by Crippen LogP contribution is -2.45. The van der Waals surface area contributed by atoms with Gasteiger partial charge in [-0.15, -0.1) is 0 Å². The predicted octanol–water partition coefficient (Wildman–Crippen LogP) is 3.05. The molecule has 0 spiro atoms. The van der Waals surface area contributed by atoms with Crippen molar-refractivity contribution >= 4 is 17.8 Å². The smallest absolute Gasteiger partial charge is 0.416 e. The van der Waals surface area contributed by atoms with E-state index in [0.29, 0.717) is 38.6 Å². The average Bonchev–Trinajstić information content (AvgIpc) is 2.67. The number of nitrogens with zero attached hydrogens (tertiary/aromatic N) is 1. The zero-order valence-corrected chi connectivity index (χ0v) is 15.6. The van der Waals surface area contributed by atoms with Crippen molar-refractivity contribution in [3.8, 4) is 0 Å². The van der Waals surface area contributed by atoms with Gasteiger partial charge in [-0.2, -0.15) is 13.2 Å². The lowest BCUT2D eigenvalue weighted by atomic mass is 9.97. The Hall–Kier alpha value is -2.58. The van der Waals surface area contributed by atoms with Gasteiger partial charge in [0.25, 0.3) is 5.91 Å². The van der Waals surface area contributed by atoms with E-state index in [-0.39, 0.29) is 17.5 Å². The number of ether oxygens (including phenoxy) is 2. The van der Waals surface area contributed by atoms with Gasteiger partial charge >= 0.3 is 18.1 Å². The van der Waals surface area contributed by atoms with E-state index in [1.165, 1.54) is 17.9 Å². The van der Waals surface area contributed by atoms with E-state index in [1.807, 2.05) is 0 Å². The Morgan fingerprint density at radius 1 is 1.21 bits per heavy atom. The van der Waals surface area contributed by atoms with E-state index in [4.69, 9.17) is 9.47 Å². The van der Waals surface area contributed by atoms with Gasteiger partial charge in [0.2, 0.25) is 0 Å². The summed E-state index contributed by atoms with van der Waals surface area (Å²) in [5.41, 5.74) is -1.25. The summed E-state index contributed by atoms with van der Waals surface area (Å²) in [6.07, 6.45) is -4.85. The Balaban J connectivity index is 1.92. The second-order valence-electron chi connectivity index (χ2n) is 6.48. The molecule has 1 aromatic carbocycles. The minimum Gasteiger partial charge on any atom is -0.466 e. The van der Waals surface area contributed by atoms with Crippen LogP contribution >= 0.6 is 0 Å². The van der Waals surface area contributed by atoms with Crippen LogP contribution in [0.4, 0.5) is 13.2 Å². The number of carbonyl (C=O) groups excluding carboxylic acids is 3. The molecule has 0 aromatic heterocycles. The number of esters is 2. The Labute approximate surface area is 160 Å². The van der Waals surface area contributed by atoms with Crippen molar-refractivity contribution in [2.75, 3.05) is 19.7 Å². The number of alkyl halides is 3. The van der Waals surface area contributed by atoms with Crippen molar-refractivity contribution in [2.24, 2.45) is 5.92 Å². The molecule has 0 N–H and O–H groups in total. The largest absolute Gasteiger partial charge is 0.466 e. The molecule has 1 saturated heterocycles. The normalized spacial score (nSPS) is 16.4. The Bertz CT molecular complexity index is 727. The van der Waals surface area contributed by atoms with Crippen molar-refractivity contribution < 1.29 is 37.0 Å². The summed E-state index contributed by atoms with van der Waals surface area (Å²) < 4.78 is 48.3. The number of amides is 1. The molecule has 1 fully saturated rings. The van der Waals surface area contributed by atoms with Crippen molar-refractivity contribution in [1.29, 1.82) is 0 Å². The zero-order chi connectivity index (χ0) is 20.9. The highest BCUT2D eigenvalue weighted by atomic mass is 19.4. The molecule has 0 bridgehead atoms. The van der Waals surface area contributed by atoms with E-state index < -0.39 is 29.7 Å². The number of rotatable bonds is 5. The van der Waals surface area contributed by atoms with Crippen LogP contribution in [0.2, 0.25) is 0 Å². The SMILES string of the molecule is CCOC(=O)C1CCN(C(=O)C(C)OC(=O)c2cccc(C(F)(F)F)c2)CC1. The first kappa shape index (κ1) is 21.7. The third-order valence-electron chi connectivity index (χ3n) is 4.48. The van der Waals surface area contributed by atoms with Gasteiger partial charge in [0.15, 0.2) is 6.10 Å². The summed E-state index contributed by atoms with van der Waals surface area (Å²) in [7, 11) is 0. The van der Waals surface area contributed by atoms with E-state index in [2.05, 4.69) is 0 Å². The molecule has 1 aliphatic heterocycles. The minimum atomic E-state index is -4.58. The maximum atomic E-state index is 12.8. The Morgan fingerprint density at radius 3 is 2.43 bits per heavy atom. The minimum absolute atomic E-state index is 0.271. The van der Waals surface area contributed by atoms with Crippen LogP contribution in [0.15, 0.2) is 24.3 Å². The topological polar surface area (TPSA) is 72.9 Å². The molecule has 9 heteroatoms. The molecule has 154 valence electrons. The number of carbonyl (C=O) groups is 3. The molecule has 1 heterocycles. The highest BCUT2D eigenvalue weighted by Crippen LogP contribution is 2.29. The molecule has 0 aliphatic carbocycles. The number of likely N-dealkylation sites (tertiary alicyclic amines) is 1. The second-order valence-corrected chi connectivity index (χ2v) is 6.48. The fraction of sp³-hybridized carbons (Fsp3) is 0.526. The molecule has 28 heavy (non-hydrogen) atoms. The lowest BCUT2D eigenvalue weighted by Gasteiger charge is -2.32. The van der Waals surface area contributed by atoms with Crippen LogP contribution in [0.5, 0.6) is 0 Å². The quantitative estimate of drug-likeness (QED) is 0.709. The van der Waals surface area contributed by atoms with E-state index in [1.54, 1.807) is 6.92 Å². The number of piperidine rings is 1. The van der Waals surface area contributed by atoms with Crippen LogP contribution in [0.1, 0.15) is 42.6 Å². The van der Waals surface area contributed by atoms with Crippen LogP contribution in [0.25, 0.3) is 0 Å². The van der Waals surface area contributed by atoms with Gasteiger partial charge in [-0.1, -0.05) is 6.07 Å². The third-order valence-corrected chi connectivity index (χ3v) is 4.48. The fourth-order valence-corrected chi connectivity index (χ4v) is 2.95. The first-order chi connectivity index (χ1) is 13.1. The number of hydrogen-bond acceptors (Lipinski definition) is 5. The standard InChI is InChI=1S/C19H22F3NO5/c1-3-27-17(25)13-7-9-23(10-8-13)16(24)12(2)28-18(26)14-5-4-6-15(11-14)19(20,21)22/h4-6,11-13H,3,7-10H2,1-2H3. The van der Waals surface area contributed by atoms with Gasteiger partial charge in [0.1, 0.15) is 0 Å². The number of halogens is 3. The molecule has 1 amide bonds. The van der Waals surface area contributed by atoms with Crippen molar-refractivity contribution in [3.63, 3.8) is 0 Å². The summed E-state index contributed by atoms with van der Waals surface area (Å²) in [5, 5.41) is 0. The summed E-state index contributed by atoms with van der Waals surface area (Å²) in [6.45, 7) is 4.00. The van der Waals surface area contributed by atoms with Crippen LogP contribution in [0.3, 0.4) is 0 Å². The first-order valence-corrected chi connectivity index (χ1v) is 8.97. The molecular formula is C19H22F3NO5. The predicted molar refractivity (Wildman–Crippen MR) is 92.3 cm³/mol. The van der Waals surface area contributed by atoms with E-state index in [9.17, 15) is 27.6 Å². The summed E-state index contributed by atoms with van der Waals surface area (Å²) in [5.74, 6) is -2.03. The number of benzene rings is 1. The highest BCUT2D eigenvalue weighted by molar-refractivity contribution is 5.92. The summed E-state index contributed by atoms with van der Waals surface area (Å²) in [4.78, 5) is 37.8. The molecule has 0 saturated carbocycles. The first-order valence-electron chi connectivity index (χ1n) is 8.97. The third kappa shape index (κ3) is 5.46. The molecule has 0 radical (unpaired) electrons. The summed E-state index contributed by atoms with van der Waals surface area (Å²) in [6, 6.07) is 3.83. The van der Waals surface area contributed by atoms with Crippen LogP contribution in [-0.4, -0.2) is 48.5 Å². The molecule has 1 aromatic rings. The lowest BCUT2D eigenvalue weighted by molar-refractivity contribution is -0.152. The van der Waals surface area contributed by atoms with Gasteiger partial charge in [0.05, 0.1) is 23.7 Å². The molecule has 1 unspecified atom stereocenters. The summed E-state index contributed by atoms with van der Waals surface area (Å²) >= 11 is 0. The van der Waals surface area contributed by atoms with E-state index >= 15 is 0 Å². The molecule has 6 nitrogen and oxygen atoms in total. The maximum Gasteiger partial charge on any atom is 0.416 e. The van der Waals surface area contributed by atoms with Gasteiger partial charge in [-0.25, -0.2) is 4.79 Å². The van der Waals surface area contributed by atoms with Gasteiger partial charge in [-0.3, -0.25) is 9.59 Å². The molecule has 1 aliphatic rings. The highest BCUT2D eigenvalue weighted by Gasteiger charge is 2.33. The van der Waals surface area contributed by atoms with Crippen molar-refractivity contribution in [1.82, 2.24) is 4.90 Å². The fourth-order valence-electron chi connectivity index (χ4n) is 2.95. The molecular weight excluding hydrogens is 379 g/mol. The van der Waals surface area contributed by atoms with Gasteiger partial charge in [-0.05, 0) is 44.9 Å². The van der Waals surface area contributed by atoms with Crippen LogP contribution in [-0.2, 0) is 25.2 Å². The van der Waals surface area contributed by atoms with E-state index in [0.717, 1.165) is 12.1 Å². The molecule has 2 rings (SSSR count). The average molecular weight is 401 g/mol. The molecule has 1 atom stereocenters. The zero-order valence-electron chi connectivity index (χ0n) is 15.6.